The topological polar surface area (TPSA) is 0 Å². The molecule has 0 N–H and O–H groups in total. The monoisotopic (exact) mass is 305 g/mol. The molecular formula is C22H41. The molecule has 129 valence electrons. The van der Waals surface area contributed by atoms with Crippen LogP contribution in [0.3, 0.4) is 0 Å². The van der Waals surface area contributed by atoms with E-state index < -0.39 is 0 Å². The molecule has 0 heterocycles. The first-order valence-electron chi connectivity index (χ1n) is 10.4. The number of allylic oxidation sites excluding steroid dienone is 2. The highest BCUT2D eigenvalue weighted by Gasteiger charge is 2.16. The molecular weight excluding hydrogens is 264 g/mol. The van der Waals surface area contributed by atoms with Crippen molar-refractivity contribution in [2.75, 3.05) is 0 Å². The van der Waals surface area contributed by atoms with E-state index in [2.05, 4.69) is 19.1 Å². The normalized spacial score (nSPS) is 15.5. The van der Waals surface area contributed by atoms with E-state index in [9.17, 15) is 0 Å². The smallest absolute Gasteiger partial charge is 0.0241 e. The number of unbranched alkanes of at least 4 members (excludes halogenated alkanes) is 12. The molecule has 22 heavy (non-hydrogen) atoms. The van der Waals surface area contributed by atoms with E-state index in [0.717, 1.165) is 0 Å². The summed E-state index contributed by atoms with van der Waals surface area (Å²) in [5.41, 5.74) is 0. The van der Waals surface area contributed by atoms with E-state index in [0.29, 0.717) is 0 Å². The lowest BCUT2D eigenvalue weighted by Crippen LogP contribution is -2.07. The van der Waals surface area contributed by atoms with Gasteiger partial charge in [-0.05, 0) is 50.9 Å². The quantitative estimate of drug-likeness (QED) is 0.199. The molecule has 0 unspecified atom stereocenters. The minimum Gasteiger partial charge on any atom is -0.0885 e. The molecule has 1 aliphatic rings. The van der Waals surface area contributed by atoms with Crippen LogP contribution < -0.4 is 0 Å². The molecule has 0 aliphatic heterocycles. The Kier molecular flexibility index (Phi) is 14.1. The fourth-order valence-electron chi connectivity index (χ4n) is 3.30. The van der Waals surface area contributed by atoms with Gasteiger partial charge in [-0.1, -0.05) is 89.7 Å². The van der Waals surface area contributed by atoms with E-state index >= 15 is 0 Å². The van der Waals surface area contributed by atoms with Crippen LogP contribution in [0.1, 0.15) is 122 Å². The molecule has 1 saturated carbocycles. The largest absolute Gasteiger partial charge is 0.0885 e. The molecule has 0 nitrogen and oxygen atoms in total. The third-order valence-corrected chi connectivity index (χ3v) is 5.10. The first-order valence-corrected chi connectivity index (χ1v) is 10.4. The van der Waals surface area contributed by atoms with Gasteiger partial charge < -0.3 is 0 Å². The fraction of sp³-hybridized carbons (Fsp3) is 0.864. The highest BCUT2D eigenvalue weighted by molar-refractivity contribution is 4.97. The maximum Gasteiger partial charge on any atom is -0.0241 e. The molecule has 1 radical (unpaired) electrons. The minimum atomic E-state index is 1.31. The summed E-state index contributed by atoms with van der Waals surface area (Å²) in [6.07, 6.45) is 30.5. The second kappa shape index (κ2) is 15.6. The average Bonchev–Trinajstić information content (AvgIpc) is 2.48. The Morgan fingerprint density at radius 2 is 1.14 bits per heavy atom. The van der Waals surface area contributed by atoms with Gasteiger partial charge in [-0.15, -0.1) is 0 Å². The molecule has 0 aromatic heterocycles. The van der Waals surface area contributed by atoms with Gasteiger partial charge in [0.05, 0.1) is 0 Å². The lowest BCUT2D eigenvalue weighted by atomic mass is 9.81. The average molecular weight is 306 g/mol. The van der Waals surface area contributed by atoms with Crippen molar-refractivity contribution in [2.45, 2.75) is 122 Å². The van der Waals surface area contributed by atoms with Crippen LogP contribution in [-0.2, 0) is 0 Å². The van der Waals surface area contributed by atoms with Gasteiger partial charge in [-0.3, -0.25) is 0 Å². The first-order chi connectivity index (χ1) is 10.9. The van der Waals surface area contributed by atoms with Crippen molar-refractivity contribution in [3.8, 4) is 0 Å². The van der Waals surface area contributed by atoms with Gasteiger partial charge in [0.2, 0.25) is 0 Å². The summed E-state index contributed by atoms with van der Waals surface area (Å²) in [6, 6.07) is 0. The van der Waals surface area contributed by atoms with Gasteiger partial charge in [0.1, 0.15) is 0 Å². The lowest BCUT2D eigenvalue weighted by molar-refractivity contribution is 0.479. The second-order valence-corrected chi connectivity index (χ2v) is 7.29. The van der Waals surface area contributed by atoms with E-state index in [1.807, 2.05) is 5.92 Å². The fourth-order valence-corrected chi connectivity index (χ4v) is 3.30. The Labute approximate surface area is 141 Å². The van der Waals surface area contributed by atoms with Crippen molar-refractivity contribution in [3.05, 3.63) is 18.1 Å². The SMILES string of the molecule is CCCCCCCCC=CCCCCCCCC[C]1CCC1. The number of hydrogen-bond donors (Lipinski definition) is 0. The summed E-state index contributed by atoms with van der Waals surface area (Å²) in [7, 11) is 0. The van der Waals surface area contributed by atoms with E-state index in [1.54, 1.807) is 0 Å². The second-order valence-electron chi connectivity index (χ2n) is 7.29. The first kappa shape index (κ1) is 19.8. The highest BCUT2D eigenvalue weighted by Crippen LogP contribution is 2.33. The third-order valence-electron chi connectivity index (χ3n) is 5.10. The van der Waals surface area contributed by atoms with Crippen LogP contribution in [0.2, 0.25) is 0 Å². The Bertz CT molecular complexity index is 236. The molecule has 0 heteroatoms. The molecule has 0 atom stereocenters. The van der Waals surface area contributed by atoms with Crippen LogP contribution >= 0.6 is 0 Å². The summed E-state index contributed by atoms with van der Waals surface area (Å²) >= 11 is 0. The van der Waals surface area contributed by atoms with Gasteiger partial charge in [-0.25, -0.2) is 0 Å². The van der Waals surface area contributed by atoms with Crippen LogP contribution in [0.4, 0.5) is 0 Å². The third kappa shape index (κ3) is 12.3. The Morgan fingerprint density at radius 3 is 1.64 bits per heavy atom. The molecule has 0 saturated heterocycles. The Morgan fingerprint density at radius 1 is 0.636 bits per heavy atom. The summed E-state index contributed by atoms with van der Waals surface area (Å²) in [4.78, 5) is 0. The molecule has 0 spiro atoms. The van der Waals surface area contributed by atoms with Crippen molar-refractivity contribution in [1.82, 2.24) is 0 Å². The Hall–Kier alpha value is -0.260. The lowest BCUT2D eigenvalue weighted by Gasteiger charge is -2.24. The van der Waals surface area contributed by atoms with Crippen LogP contribution in [0.25, 0.3) is 0 Å². The molecule has 0 amide bonds. The van der Waals surface area contributed by atoms with Gasteiger partial charge in [-0.2, -0.15) is 0 Å². The van der Waals surface area contributed by atoms with Crippen molar-refractivity contribution >= 4 is 0 Å². The summed E-state index contributed by atoms with van der Waals surface area (Å²) in [6.45, 7) is 2.29. The van der Waals surface area contributed by atoms with Crippen molar-refractivity contribution in [1.29, 1.82) is 0 Å². The van der Waals surface area contributed by atoms with Crippen LogP contribution in [0.5, 0.6) is 0 Å². The predicted octanol–water partition coefficient (Wildman–Crippen LogP) is 8.17. The predicted molar refractivity (Wildman–Crippen MR) is 101 cm³/mol. The van der Waals surface area contributed by atoms with Crippen molar-refractivity contribution < 1.29 is 0 Å². The maximum absolute atomic E-state index is 2.43. The van der Waals surface area contributed by atoms with E-state index in [4.69, 9.17) is 0 Å². The minimum absolute atomic E-state index is 1.31. The van der Waals surface area contributed by atoms with E-state index in [1.165, 1.54) is 116 Å². The summed E-state index contributed by atoms with van der Waals surface area (Å²) in [5, 5.41) is 0. The van der Waals surface area contributed by atoms with Crippen molar-refractivity contribution in [3.63, 3.8) is 0 Å². The molecule has 1 rings (SSSR count). The highest BCUT2D eigenvalue weighted by atomic mass is 14.2. The van der Waals surface area contributed by atoms with Crippen molar-refractivity contribution in [2.24, 2.45) is 0 Å². The van der Waals surface area contributed by atoms with Gasteiger partial charge in [0, 0.05) is 0 Å². The van der Waals surface area contributed by atoms with Gasteiger partial charge in [0.15, 0.2) is 0 Å². The zero-order valence-corrected chi connectivity index (χ0v) is 15.4. The molecule has 1 aliphatic carbocycles. The van der Waals surface area contributed by atoms with Crippen LogP contribution in [0, 0.1) is 5.92 Å². The maximum atomic E-state index is 2.43. The number of hydrogen-bond acceptors (Lipinski definition) is 0. The summed E-state index contributed by atoms with van der Waals surface area (Å²) in [5.74, 6) is 1.86. The molecule has 0 aromatic rings. The standard InChI is InChI=1S/C22H41/c1-2-3-4-5-6-7-8-9-10-11-12-13-14-15-16-17-19-22-20-18-21-22/h9-10H,2-8,11-21H2,1H3. The molecule has 0 bridgehead atoms. The number of rotatable bonds is 16. The van der Waals surface area contributed by atoms with Crippen LogP contribution in [0.15, 0.2) is 12.2 Å². The Balaban J connectivity index is 1.67. The zero-order valence-electron chi connectivity index (χ0n) is 15.4. The summed E-state index contributed by atoms with van der Waals surface area (Å²) < 4.78 is 0. The molecule has 1 fully saturated rings. The van der Waals surface area contributed by atoms with Crippen LogP contribution in [-0.4, -0.2) is 0 Å². The zero-order chi connectivity index (χ0) is 15.7. The van der Waals surface area contributed by atoms with Gasteiger partial charge in [0.25, 0.3) is 0 Å². The van der Waals surface area contributed by atoms with Gasteiger partial charge >= 0.3 is 0 Å². The van der Waals surface area contributed by atoms with E-state index in [-0.39, 0.29) is 0 Å². The molecule has 0 aromatic carbocycles.